The molecule has 1 atom stereocenters. The summed E-state index contributed by atoms with van der Waals surface area (Å²) >= 11 is 6.08. The molecule has 2 aliphatic rings. The quantitative estimate of drug-likeness (QED) is 0.654. The number of carbonyl (C=O) groups excluding carboxylic acids is 1. The molecule has 0 unspecified atom stereocenters. The van der Waals surface area contributed by atoms with Crippen molar-refractivity contribution < 1.29 is 4.79 Å². The van der Waals surface area contributed by atoms with Crippen LogP contribution >= 0.6 is 11.6 Å². The molecule has 1 aromatic carbocycles. The fourth-order valence-electron chi connectivity index (χ4n) is 4.70. The highest BCUT2D eigenvalue weighted by Crippen LogP contribution is 2.21. The molecule has 1 N–H and O–H groups in total. The van der Waals surface area contributed by atoms with Gasteiger partial charge in [-0.1, -0.05) is 37.1 Å². The van der Waals surface area contributed by atoms with Gasteiger partial charge in [0, 0.05) is 36.6 Å². The maximum Gasteiger partial charge on any atom is 0.223 e. The van der Waals surface area contributed by atoms with Crippen molar-refractivity contribution in [3.63, 3.8) is 0 Å². The lowest BCUT2D eigenvalue weighted by Gasteiger charge is -2.35. The van der Waals surface area contributed by atoms with Crippen LogP contribution < -0.4 is 5.32 Å². The Bertz CT molecular complexity index is 616. The minimum atomic E-state index is 0.175. The number of carbonyl (C=O) groups is 1. The summed E-state index contributed by atoms with van der Waals surface area (Å²) in [4.78, 5) is 17.6. The summed E-state index contributed by atoms with van der Waals surface area (Å²) in [7, 11) is 0. The van der Waals surface area contributed by atoms with Crippen molar-refractivity contribution in [3.8, 4) is 0 Å². The van der Waals surface area contributed by atoms with Crippen molar-refractivity contribution in [2.75, 3.05) is 32.7 Å². The summed E-state index contributed by atoms with van der Waals surface area (Å²) in [5.41, 5.74) is 1.25. The molecule has 1 amide bonds. The third-order valence-corrected chi connectivity index (χ3v) is 6.63. The Morgan fingerprint density at radius 3 is 2.75 bits per heavy atom. The summed E-state index contributed by atoms with van der Waals surface area (Å²) in [6.07, 6.45) is 8.28. The molecular formula is C23H36ClN3O. The average Bonchev–Trinajstić information content (AvgIpc) is 2.72. The highest BCUT2D eigenvalue weighted by molar-refractivity contribution is 6.30. The molecule has 0 spiro atoms. The largest absolute Gasteiger partial charge is 0.356 e. The number of nitrogens with one attached hydrogen (secondary N) is 1. The number of benzene rings is 1. The molecule has 0 radical (unpaired) electrons. The van der Waals surface area contributed by atoms with Gasteiger partial charge < -0.3 is 10.2 Å². The number of likely N-dealkylation sites (tertiary alicyclic amines) is 2. The van der Waals surface area contributed by atoms with Crippen molar-refractivity contribution in [1.82, 2.24) is 15.1 Å². The zero-order valence-corrected chi connectivity index (χ0v) is 18.1. The average molecular weight is 406 g/mol. The van der Waals surface area contributed by atoms with E-state index in [9.17, 15) is 4.79 Å². The molecule has 0 aromatic heterocycles. The predicted molar refractivity (Wildman–Crippen MR) is 117 cm³/mol. The lowest BCUT2D eigenvalue weighted by molar-refractivity contribution is -0.126. The van der Waals surface area contributed by atoms with Gasteiger partial charge in [0.05, 0.1) is 0 Å². The SMILES string of the molecule is CC[C@H]1CCCCN1CCCNC(=O)C1CCN(Cc2cccc(Cl)c2)CC1. The van der Waals surface area contributed by atoms with Gasteiger partial charge in [0.1, 0.15) is 0 Å². The molecule has 2 fully saturated rings. The second-order valence-electron chi connectivity index (χ2n) is 8.42. The van der Waals surface area contributed by atoms with Crippen molar-refractivity contribution in [1.29, 1.82) is 0 Å². The van der Waals surface area contributed by atoms with Gasteiger partial charge in [0.15, 0.2) is 0 Å². The second-order valence-corrected chi connectivity index (χ2v) is 8.86. The summed E-state index contributed by atoms with van der Waals surface area (Å²) in [5, 5.41) is 3.99. The number of hydrogen-bond donors (Lipinski definition) is 1. The highest BCUT2D eigenvalue weighted by atomic mass is 35.5. The second kappa shape index (κ2) is 11.2. The predicted octanol–water partition coefficient (Wildman–Crippen LogP) is 4.32. The van der Waals surface area contributed by atoms with E-state index in [1.807, 2.05) is 18.2 Å². The minimum Gasteiger partial charge on any atom is -0.356 e. The van der Waals surface area contributed by atoms with E-state index >= 15 is 0 Å². The van der Waals surface area contributed by atoms with Crippen LogP contribution in [0.2, 0.25) is 5.02 Å². The van der Waals surface area contributed by atoms with Gasteiger partial charge in [-0.25, -0.2) is 0 Å². The molecular weight excluding hydrogens is 370 g/mol. The van der Waals surface area contributed by atoms with Gasteiger partial charge in [0.2, 0.25) is 5.91 Å². The Balaban J connectivity index is 1.31. The maximum absolute atomic E-state index is 12.5. The van der Waals surface area contributed by atoms with Crippen LogP contribution in [0.15, 0.2) is 24.3 Å². The van der Waals surface area contributed by atoms with Crippen LogP contribution in [0.4, 0.5) is 0 Å². The van der Waals surface area contributed by atoms with E-state index in [2.05, 4.69) is 28.1 Å². The Hall–Kier alpha value is -1.10. The molecule has 1 aromatic rings. The monoisotopic (exact) mass is 405 g/mol. The number of piperidine rings is 2. The van der Waals surface area contributed by atoms with Crippen LogP contribution in [0.5, 0.6) is 0 Å². The smallest absolute Gasteiger partial charge is 0.223 e. The molecule has 2 saturated heterocycles. The van der Waals surface area contributed by atoms with E-state index in [-0.39, 0.29) is 11.8 Å². The van der Waals surface area contributed by atoms with Crippen molar-refractivity contribution >= 4 is 17.5 Å². The van der Waals surface area contributed by atoms with E-state index in [4.69, 9.17) is 11.6 Å². The van der Waals surface area contributed by atoms with Gasteiger partial charge in [-0.3, -0.25) is 9.69 Å². The van der Waals surface area contributed by atoms with E-state index in [1.165, 1.54) is 37.8 Å². The molecule has 3 rings (SSSR count). The van der Waals surface area contributed by atoms with E-state index < -0.39 is 0 Å². The topological polar surface area (TPSA) is 35.6 Å². The number of hydrogen-bond acceptors (Lipinski definition) is 3. The fourth-order valence-corrected chi connectivity index (χ4v) is 4.91. The van der Waals surface area contributed by atoms with Crippen LogP contribution in [0.3, 0.4) is 0 Å². The van der Waals surface area contributed by atoms with Gasteiger partial charge in [-0.2, -0.15) is 0 Å². The molecule has 2 aliphatic heterocycles. The standard InChI is InChI=1S/C23H36ClN3O/c1-2-22-9-3-4-13-27(22)14-6-12-25-23(28)20-10-15-26(16-11-20)18-19-7-5-8-21(24)17-19/h5,7-8,17,20,22H,2-4,6,9-16,18H2,1H3,(H,25,28)/t22-/m0/s1. The summed E-state index contributed by atoms with van der Waals surface area (Å²) in [5.74, 6) is 0.432. The lowest BCUT2D eigenvalue weighted by atomic mass is 9.95. The third kappa shape index (κ3) is 6.47. The van der Waals surface area contributed by atoms with Crippen molar-refractivity contribution in [3.05, 3.63) is 34.9 Å². The van der Waals surface area contributed by atoms with Crippen LogP contribution in [0.25, 0.3) is 0 Å². The summed E-state index contributed by atoms with van der Waals surface area (Å²) in [6.45, 7) is 8.35. The Kier molecular flexibility index (Phi) is 8.63. The van der Waals surface area contributed by atoms with Gasteiger partial charge in [-0.15, -0.1) is 0 Å². The number of halogens is 1. The highest BCUT2D eigenvalue weighted by Gasteiger charge is 2.25. The van der Waals surface area contributed by atoms with Gasteiger partial charge in [-0.05, 0) is 75.9 Å². The first-order chi connectivity index (χ1) is 13.7. The fraction of sp³-hybridized carbons (Fsp3) is 0.696. The molecule has 4 nitrogen and oxygen atoms in total. The molecule has 2 heterocycles. The normalized spacial score (nSPS) is 22.3. The summed E-state index contributed by atoms with van der Waals surface area (Å²) < 4.78 is 0. The van der Waals surface area contributed by atoms with E-state index in [1.54, 1.807) is 0 Å². The first-order valence-corrected chi connectivity index (χ1v) is 11.5. The van der Waals surface area contributed by atoms with Gasteiger partial charge >= 0.3 is 0 Å². The molecule has 28 heavy (non-hydrogen) atoms. The third-order valence-electron chi connectivity index (χ3n) is 6.40. The summed E-state index contributed by atoms with van der Waals surface area (Å²) in [6, 6.07) is 8.83. The van der Waals surface area contributed by atoms with Crippen LogP contribution in [-0.2, 0) is 11.3 Å². The maximum atomic E-state index is 12.5. The first kappa shape index (κ1) is 21.6. The minimum absolute atomic E-state index is 0.175. The Morgan fingerprint density at radius 1 is 1.18 bits per heavy atom. The molecule has 156 valence electrons. The molecule has 0 saturated carbocycles. The van der Waals surface area contributed by atoms with Crippen LogP contribution in [0, 0.1) is 5.92 Å². The number of nitrogens with zero attached hydrogens (tertiary/aromatic N) is 2. The molecule has 0 aliphatic carbocycles. The zero-order valence-electron chi connectivity index (χ0n) is 17.3. The van der Waals surface area contributed by atoms with E-state index in [0.29, 0.717) is 0 Å². The van der Waals surface area contributed by atoms with Crippen LogP contribution in [0.1, 0.15) is 57.4 Å². The number of rotatable bonds is 8. The lowest BCUT2D eigenvalue weighted by Crippen LogP contribution is -2.42. The Labute approximate surface area is 175 Å². The number of amides is 1. The van der Waals surface area contributed by atoms with Crippen LogP contribution in [-0.4, -0.2) is 54.5 Å². The van der Waals surface area contributed by atoms with Gasteiger partial charge in [0.25, 0.3) is 0 Å². The van der Waals surface area contributed by atoms with Crippen molar-refractivity contribution in [2.45, 2.75) is 64.5 Å². The zero-order chi connectivity index (χ0) is 19.8. The van der Waals surface area contributed by atoms with E-state index in [0.717, 1.165) is 63.1 Å². The Morgan fingerprint density at radius 2 is 2.00 bits per heavy atom. The first-order valence-electron chi connectivity index (χ1n) is 11.1. The molecule has 5 heteroatoms. The van der Waals surface area contributed by atoms with Crippen molar-refractivity contribution in [2.24, 2.45) is 5.92 Å². The molecule has 0 bridgehead atoms.